The van der Waals surface area contributed by atoms with Crippen molar-refractivity contribution in [2.75, 3.05) is 0 Å². The lowest BCUT2D eigenvalue weighted by Crippen LogP contribution is -2.45. The molecule has 9 nitrogen and oxygen atoms in total. The minimum Gasteiger partial charge on any atom is -0.457 e. The third kappa shape index (κ3) is 10.0. The molecule has 0 amide bonds. The third-order valence-electron chi connectivity index (χ3n) is 8.25. The highest BCUT2D eigenvalue weighted by Gasteiger charge is 2.42. The Morgan fingerprint density at radius 1 is 1.13 bits per heavy atom. The minimum absolute atomic E-state index is 0.0696. The molecule has 1 aliphatic heterocycles. The number of hydrogen-bond acceptors (Lipinski definition) is 10. The molecule has 2 N–H and O–H groups in total. The largest absolute Gasteiger partial charge is 0.457 e. The number of carbonyl (C=O) groups is 2. The van der Waals surface area contributed by atoms with Crippen LogP contribution in [-0.4, -0.2) is 53.7 Å². The summed E-state index contributed by atoms with van der Waals surface area (Å²) < 4.78 is 36.2. The van der Waals surface area contributed by atoms with Gasteiger partial charge in [-0.15, -0.1) is 11.3 Å². The Balaban J connectivity index is 1.81. The number of aliphatic hydroxyl groups is 2. The SMILES string of the molecule is CC1=CC[C@@H](C(C)=Cc2csc(COS(=O)(=O)c3ccc(C)cc3)n2)OC(=O)C[C@H](O)C(C)(C)C(=O)[C@H](C)[C@@H](O)[C@@H](C)CC=C1. The summed E-state index contributed by atoms with van der Waals surface area (Å²) >= 11 is 1.25. The van der Waals surface area contributed by atoms with E-state index >= 15 is 0 Å². The Morgan fingerprint density at radius 3 is 2.47 bits per heavy atom. The molecule has 0 aliphatic carbocycles. The fourth-order valence-electron chi connectivity index (χ4n) is 5.00. The van der Waals surface area contributed by atoms with Gasteiger partial charge in [0, 0.05) is 17.7 Å². The van der Waals surface area contributed by atoms with E-state index in [2.05, 4.69) is 4.98 Å². The van der Waals surface area contributed by atoms with Crippen molar-refractivity contribution in [3.8, 4) is 0 Å². The zero-order valence-electron chi connectivity index (χ0n) is 27.0. The second-order valence-electron chi connectivity index (χ2n) is 12.4. The Hall–Kier alpha value is -2.96. The highest BCUT2D eigenvalue weighted by Crippen LogP contribution is 2.32. The van der Waals surface area contributed by atoms with Gasteiger partial charge >= 0.3 is 5.97 Å². The fourth-order valence-corrected chi connectivity index (χ4v) is 6.61. The van der Waals surface area contributed by atoms with Gasteiger partial charge in [-0.05, 0) is 56.9 Å². The normalized spacial score (nSPS) is 25.9. The molecule has 0 unspecified atom stereocenters. The van der Waals surface area contributed by atoms with Gasteiger partial charge in [0.25, 0.3) is 10.1 Å². The van der Waals surface area contributed by atoms with Gasteiger partial charge in [0.2, 0.25) is 0 Å². The van der Waals surface area contributed by atoms with Crippen LogP contribution in [0.25, 0.3) is 6.08 Å². The number of allylic oxidation sites excluding steroid dienone is 3. The van der Waals surface area contributed by atoms with E-state index in [1.807, 2.05) is 39.0 Å². The standard InChI is InChI=1S/C34H45NO8S2/c1-21-9-8-10-23(3)32(38)25(5)33(39)34(6,7)29(36)18-31(37)43-28(16-13-21)24(4)17-26-20-44-30(35-26)19-42-45(40,41)27-14-11-22(2)12-15-27/h8-9,11-15,17,20,23,25,28-29,32,36,38H,10,16,18-19H2,1-7H3/t23-,25+,28-,29-,32-/m0/s1. The van der Waals surface area contributed by atoms with Gasteiger partial charge in [-0.3, -0.25) is 13.8 Å². The molecule has 2 aromatic rings. The number of ketones is 1. The number of carbonyl (C=O) groups excluding carboxylic acids is 2. The molecule has 0 radical (unpaired) electrons. The maximum absolute atomic E-state index is 13.3. The highest BCUT2D eigenvalue weighted by atomic mass is 32.2. The summed E-state index contributed by atoms with van der Waals surface area (Å²) in [4.78, 5) is 30.9. The second-order valence-corrected chi connectivity index (χ2v) is 15.0. The van der Waals surface area contributed by atoms with Crippen molar-refractivity contribution in [1.29, 1.82) is 0 Å². The molecule has 246 valence electrons. The quantitative estimate of drug-likeness (QED) is 0.285. The first kappa shape index (κ1) is 36.5. The molecule has 2 heterocycles. The molecular weight excluding hydrogens is 615 g/mol. The Morgan fingerprint density at radius 2 is 1.80 bits per heavy atom. The Kier molecular flexibility index (Phi) is 12.6. The number of hydrogen-bond donors (Lipinski definition) is 2. The number of cyclic esters (lactones) is 1. The van der Waals surface area contributed by atoms with Crippen molar-refractivity contribution < 1.29 is 37.1 Å². The lowest BCUT2D eigenvalue weighted by molar-refractivity contribution is -0.154. The van der Waals surface area contributed by atoms with Gasteiger partial charge in [0.15, 0.2) is 0 Å². The van der Waals surface area contributed by atoms with E-state index in [1.54, 1.807) is 51.3 Å². The average molecular weight is 660 g/mol. The van der Waals surface area contributed by atoms with E-state index in [0.29, 0.717) is 29.1 Å². The van der Waals surface area contributed by atoms with Crippen molar-refractivity contribution in [1.82, 2.24) is 4.98 Å². The molecule has 1 aromatic heterocycles. The van der Waals surface area contributed by atoms with Crippen LogP contribution in [0.5, 0.6) is 0 Å². The molecule has 3 rings (SSSR count). The van der Waals surface area contributed by atoms with Crippen molar-refractivity contribution >= 4 is 39.3 Å². The van der Waals surface area contributed by atoms with Gasteiger partial charge in [-0.25, -0.2) is 4.98 Å². The number of benzene rings is 1. The van der Waals surface area contributed by atoms with Crippen LogP contribution in [-0.2, 0) is 35.2 Å². The molecule has 0 fully saturated rings. The van der Waals surface area contributed by atoms with Crippen molar-refractivity contribution in [3.63, 3.8) is 0 Å². The van der Waals surface area contributed by atoms with Crippen LogP contribution >= 0.6 is 11.3 Å². The van der Waals surface area contributed by atoms with Crippen LogP contribution in [0, 0.1) is 24.2 Å². The summed E-state index contributed by atoms with van der Waals surface area (Å²) in [6.07, 6.45) is 5.23. The Bertz CT molecular complexity index is 1540. The third-order valence-corrected chi connectivity index (χ3v) is 10.4. The molecule has 0 spiro atoms. The molecule has 45 heavy (non-hydrogen) atoms. The van der Waals surface area contributed by atoms with Gasteiger partial charge in [-0.1, -0.05) is 69.2 Å². The van der Waals surface area contributed by atoms with Gasteiger partial charge in [0.05, 0.1) is 34.6 Å². The smallest absolute Gasteiger partial charge is 0.309 e. The summed E-state index contributed by atoms with van der Waals surface area (Å²) in [5.41, 5.74) is 1.84. The van der Waals surface area contributed by atoms with E-state index in [9.17, 15) is 28.2 Å². The fraction of sp³-hybridized carbons (Fsp3) is 0.500. The summed E-state index contributed by atoms with van der Waals surface area (Å²) in [7, 11) is -3.94. The van der Waals surface area contributed by atoms with Crippen molar-refractivity contribution in [2.45, 2.75) is 97.5 Å². The topological polar surface area (TPSA) is 140 Å². The number of ether oxygens (including phenoxy) is 1. The van der Waals surface area contributed by atoms with Crippen LogP contribution in [0.1, 0.15) is 77.1 Å². The van der Waals surface area contributed by atoms with Gasteiger partial charge in [-0.2, -0.15) is 8.42 Å². The van der Waals surface area contributed by atoms with E-state index in [4.69, 9.17) is 8.92 Å². The molecule has 11 heteroatoms. The average Bonchev–Trinajstić information content (AvgIpc) is 3.43. The molecule has 0 bridgehead atoms. The molecule has 5 atom stereocenters. The number of thiazole rings is 1. The number of Topliss-reactive ketones (excluding diaryl/α,β-unsaturated/α-hetero) is 1. The molecule has 1 aromatic carbocycles. The monoisotopic (exact) mass is 659 g/mol. The van der Waals surface area contributed by atoms with Gasteiger partial charge < -0.3 is 14.9 Å². The predicted molar refractivity (Wildman–Crippen MR) is 175 cm³/mol. The first-order valence-electron chi connectivity index (χ1n) is 15.0. The van der Waals surface area contributed by atoms with Crippen LogP contribution in [0.2, 0.25) is 0 Å². The zero-order valence-corrected chi connectivity index (χ0v) is 28.7. The minimum atomic E-state index is -3.94. The summed E-state index contributed by atoms with van der Waals surface area (Å²) in [6.45, 7) is 12.1. The number of nitrogens with zero attached hydrogens (tertiary/aromatic N) is 1. The first-order chi connectivity index (χ1) is 21.0. The number of aliphatic hydroxyl groups excluding tert-OH is 2. The summed E-state index contributed by atoms with van der Waals surface area (Å²) in [5, 5.41) is 24.0. The second kappa shape index (κ2) is 15.6. The molecule has 1 aliphatic rings. The number of aryl methyl sites for hydroxylation is 1. The Labute approximate surface area is 270 Å². The number of esters is 1. The maximum Gasteiger partial charge on any atom is 0.309 e. The van der Waals surface area contributed by atoms with Gasteiger partial charge in [0.1, 0.15) is 23.5 Å². The number of aromatic nitrogens is 1. The molecular formula is C34H45NO8S2. The van der Waals surface area contributed by atoms with E-state index < -0.39 is 52.2 Å². The number of rotatable bonds is 6. The lowest BCUT2D eigenvalue weighted by atomic mass is 9.73. The van der Waals surface area contributed by atoms with Crippen LogP contribution in [0.15, 0.2) is 63.9 Å². The van der Waals surface area contributed by atoms with E-state index in [-0.39, 0.29) is 23.2 Å². The van der Waals surface area contributed by atoms with E-state index in [0.717, 1.165) is 11.1 Å². The van der Waals surface area contributed by atoms with Crippen LogP contribution < -0.4 is 0 Å². The highest BCUT2D eigenvalue weighted by molar-refractivity contribution is 7.86. The van der Waals surface area contributed by atoms with Crippen molar-refractivity contribution in [3.05, 3.63) is 75.3 Å². The maximum atomic E-state index is 13.3. The summed E-state index contributed by atoms with van der Waals surface area (Å²) in [5.74, 6) is -1.90. The lowest BCUT2D eigenvalue weighted by Gasteiger charge is -2.34. The van der Waals surface area contributed by atoms with E-state index in [1.165, 1.54) is 23.5 Å². The van der Waals surface area contributed by atoms with Crippen LogP contribution in [0.4, 0.5) is 0 Å². The summed E-state index contributed by atoms with van der Waals surface area (Å²) in [6, 6.07) is 6.39. The molecule has 0 saturated heterocycles. The zero-order chi connectivity index (χ0) is 33.5. The van der Waals surface area contributed by atoms with Crippen LogP contribution in [0.3, 0.4) is 0 Å². The van der Waals surface area contributed by atoms with Crippen molar-refractivity contribution in [2.24, 2.45) is 17.3 Å². The molecule has 0 saturated carbocycles. The first-order valence-corrected chi connectivity index (χ1v) is 17.3. The predicted octanol–water partition coefficient (Wildman–Crippen LogP) is 5.95.